The molecule has 3 rings (SSSR count). The molecule has 21 heavy (non-hydrogen) atoms. The number of aromatic amines is 1. The number of nitrogens with one attached hydrogen (secondary N) is 1. The molecule has 0 aliphatic rings. The van der Waals surface area contributed by atoms with Crippen molar-refractivity contribution in [2.24, 2.45) is 0 Å². The summed E-state index contributed by atoms with van der Waals surface area (Å²) in [6.45, 7) is 1.71. The van der Waals surface area contributed by atoms with E-state index < -0.39 is 11.7 Å². The highest BCUT2D eigenvalue weighted by Crippen LogP contribution is 2.35. The summed E-state index contributed by atoms with van der Waals surface area (Å²) in [7, 11) is 0. The van der Waals surface area contributed by atoms with E-state index in [4.69, 9.17) is 0 Å². The number of fused-ring (bicyclic) bond motifs is 1. The Morgan fingerprint density at radius 1 is 1.14 bits per heavy atom. The second-order valence-electron chi connectivity index (χ2n) is 4.99. The number of rotatable bonds is 2. The van der Waals surface area contributed by atoms with Crippen molar-refractivity contribution < 1.29 is 13.2 Å². The van der Waals surface area contributed by atoms with Crippen LogP contribution in [0.25, 0.3) is 11.0 Å². The number of nitrogens with zero attached hydrogens (tertiary/aromatic N) is 1. The molecule has 5 heteroatoms. The number of aromatic nitrogens is 2. The van der Waals surface area contributed by atoms with Crippen LogP contribution in [0.1, 0.15) is 22.3 Å². The highest BCUT2D eigenvalue weighted by Gasteiger charge is 2.33. The molecule has 0 unspecified atom stereocenters. The standard InChI is InChI=1S/C16H13F3N2/c1-10-4-2-6-14(16(17,18)19)13(10)8-11-9-21-15-12(11)5-3-7-20-15/h2-7,9H,8H2,1H3,(H,20,21). The van der Waals surface area contributed by atoms with Gasteiger partial charge in [-0.15, -0.1) is 0 Å². The number of alkyl halides is 3. The lowest BCUT2D eigenvalue weighted by Crippen LogP contribution is -2.10. The zero-order valence-corrected chi connectivity index (χ0v) is 11.3. The maximum Gasteiger partial charge on any atom is 0.416 e. The predicted molar refractivity (Wildman–Crippen MR) is 75.1 cm³/mol. The highest BCUT2D eigenvalue weighted by atomic mass is 19.4. The summed E-state index contributed by atoms with van der Waals surface area (Å²) in [5.41, 5.74) is 1.89. The topological polar surface area (TPSA) is 28.7 Å². The molecule has 1 N–H and O–H groups in total. The first-order chi connectivity index (χ1) is 9.97. The van der Waals surface area contributed by atoms with Crippen LogP contribution in [0.2, 0.25) is 0 Å². The average Bonchev–Trinajstić information content (AvgIpc) is 2.83. The Labute approximate surface area is 119 Å². The summed E-state index contributed by atoms with van der Waals surface area (Å²) in [4.78, 5) is 7.15. The fourth-order valence-corrected chi connectivity index (χ4v) is 2.55. The molecule has 0 amide bonds. The number of pyridine rings is 1. The SMILES string of the molecule is Cc1cccc(C(F)(F)F)c1Cc1c[nH]c2ncccc12. The minimum Gasteiger partial charge on any atom is -0.346 e. The first-order valence-corrected chi connectivity index (χ1v) is 6.53. The highest BCUT2D eigenvalue weighted by molar-refractivity contribution is 5.80. The van der Waals surface area contributed by atoms with Gasteiger partial charge in [0, 0.05) is 24.2 Å². The maximum absolute atomic E-state index is 13.2. The molecule has 0 aliphatic heterocycles. The lowest BCUT2D eigenvalue weighted by molar-refractivity contribution is -0.138. The Morgan fingerprint density at radius 2 is 1.95 bits per heavy atom. The molecular weight excluding hydrogens is 277 g/mol. The molecule has 0 spiro atoms. The van der Waals surface area contributed by atoms with Crippen LogP contribution in [0.15, 0.2) is 42.7 Å². The molecule has 3 aromatic rings. The molecule has 0 bridgehead atoms. The van der Waals surface area contributed by atoms with Crippen molar-refractivity contribution in [3.8, 4) is 0 Å². The van der Waals surface area contributed by atoms with E-state index in [9.17, 15) is 13.2 Å². The zero-order valence-electron chi connectivity index (χ0n) is 11.3. The third-order valence-electron chi connectivity index (χ3n) is 3.62. The van der Waals surface area contributed by atoms with Crippen LogP contribution in [-0.4, -0.2) is 9.97 Å². The molecule has 0 aliphatic carbocycles. The van der Waals surface area contributed by atoms with Gasteiger partial charge in [-0.2, -0.15) is 13.2 Å². The Kier molecular flexibility index (Phi) is 3.20. The van der Waals surface area contributed by atoms with Crippen molar-refractivity contribution in [3.63, 3.8) is 0 Å². The quantitative estimate of drug-likeness (QED) is 0.740. The summed E-state index contributed by atoms with van der Waals surface area (Å²) in [5.74, 6) is 0. The molecule has 1 aromatic carbocycles. The summed E-state index contributed by atoms with van der Waals surface area (Å²) in [5, 5.41) is 0.855. The minimum absolute atomic E-state index is 0.229. The molecule has 2 nitrogen and oxygen atoms in total. The van der Waals surface area contributed by atoms with Crippen LogP contribution < -0.4 is 0 Å². The number of H-pyrrole nitrogens is 1. The number of aryl methyl sites for hydroxylation is 1. The van der Waals surface area contributed by atoms with Crippen LogP contribution in [0.5, 0.6) is 0 Å². The number of benzene rings is 1. The zero-order chi connectivity index (χ0) is 15.0. The second kappa shape index (κ2) is 4.91. The third kappa shape index (κ3) is 2.51. The summed E-state index contributed by atoms with van der Waals surface area (Å²) in [6, 6.07) is 7.92. The van der Waals surface area contributed by atoms with Gasteiger partial charge in [-0.1, -0.05) is 12.1 Å². The van der Waals surface area contributed by atoms with Crippen LogP contribution in [0.4, 0.5) is 13.2 Å². The summed E-state index contributed by atoms with van der Waals surface area (Å²) >= 11 is 0. The molecule has 0 atom stereocenters. The fraction of sp³-hybridized carbons (Fsp3) is 0.188. The third-order valence-corrected chi connectivity index (χ3v) is 3.62. The van der Waals surface area contributed by atoms with Crippen molar-refractivity contribution in [3.05, 3.63) is 65.0 Å². The van der Waals surface area contributed by atoms with Crippen molar-refractivity contribution in [1.82, 2.24) is 9.97 Å². The number of hydrogen-bond acceptors (Lipinski definition) is 1. The molecule has 108 valence electrons. The van der Waals surface area contributed by atoms with Gasteiger partial charge >= 0.3 is 6.18 Å². The van der Waals surface area contributed by atoms with Crippen LogP contribution >= 0.6 is 0 Å². The molecule has 2 heterocycles. The second-order valence-corrected chi connectivity index (χ2v) is 4.99. The van der Waals surface area contributed by atoms with Crippen molar-refractivity contribution in [2.45, 2.75) is 19.5 Å². The monoisotopic (exact) mass is 290 g/mol. The van der Waals surface area contributed by atoms with Gasteiger partial charge in [0.1, 0.15) is 5.65 Å². The maximum atomic E-state index is 13.2. The van der Waals surface area contributed by atoms with Crippen molar-refractivity contribution >= 4 is 11.0 Å². The molecule has 0 saturated heterocycles. The smallest absolute Gasteiger partial charge is 0.346 e. The van der Waals surface area contributed by atoms with Gasteiger partial charge < -0.3 is 4.98 Å². The molecule has 2 aromatic heterocycles. The Balaban J connectivity index is 2.10. The van der Waals surface area contributed by atoms with E-state index in [-0.39, 0.29) is 6.42 Å². The van der Waals surface area contributed by atoms with Gasteiger partial charge in [-0.05, 0) is 41.8 Å². The van der Waals surface area contributed by atoms with E-state index in [2.05, 4.69) is 9.97 Å². The van der Waals surface area contributed by atoms with Gasteiger partial charge in [0.15, 0.2) is 0 Å². The lowest BCUT2D eigenvalue weighted by Gasteiger charge is -2.15. The van der Waals surface area contributed by atoms with Crippen molar-refractivity contribution in [1.29, 1.82) is 0 Å². The van der Waals surface area contributed by atoms with Gasteiger partial charge in [-0.25, -0.2) is 4.98 Å². The minimum atomic E-state index is -4.34. The Hall–Kier alpha value is -2.30. The summed E-state index contributed by atoms with van der Waals surface area (Å²) < 4.78 is 39.5. The molecular formula is C16H13F3N2. The fourth-order valence-electron chi connectivity index (χ4n) is 2.55. The Bertz CT molecular complexity index is 788. The molecule has 0 fully saturated rings. The first kappa shape index (κ1) is 13.7. The first-order valence-electron chi connectivity index (χ1n) is 6.53. The van der Waals surface area contributed by atoms with E-state index in [1.807, 2.05) is 6.07 Å². The summed E-state index contributed by atoms with van der Waals surface area (Å²) in [6.07, 6.45) is -0.735. The molecule has 0 radical (unpaired) electrons. The lowest BCUT2D eigenvalue weighted by atomic mass is 9.95. The van der Waals surface area contributed by atoms with E-state index >= 15 is 0 Å². The van der Waals surface area contributed by atoms with E-state index in [1.165, 1.54) is 6.07 Å². The number of halogens is 3. The van der Waals surface area contributed by atoms with Gasteiger partial charge in [0.2, 0.25) is 0 Å². The average molecular weight is 290 g/mol. The van der Waals surface area contributed by atoms with Gasteiger partial charge in [0.25, 0.3) is 0 Å². The number of hydrogen-bond donors (Lipinski definition) is 1. The van der Waals surface area contributed by atoms with Gasteiger partial charge in [-0.3, -0.25) is 0 Å². The van der Waals surface area contributed by atoms with Crippen LogP contribution in [-0.2, 0) is 12.6 Å². The van der Waals surface area contributed by atoms with Crippen LogP contribution in [0, 0.1) is 6.92 Å². The van der Waals surface area contributed by atoms with E-state index in [1.54, 1.807) is 31.5 Å². The van der Waals surface area contributed by atoms with Gasteiger partial charge in [0.05, 0.1) is 5.56 Å². The van der Waals surface area contributed by atoms with E-state index in [0.29, 0.717) is 16.8 Å². The normalized spacial score (nSPS) is 12.0. The van der Waals surface area contributed by atoms with E-state index in [0.717, 1.165) is 17.0 Å². The largest absolute Gasteiger partial charge is 0.416 e. The van der Waals surface area contributed by atoms with Crippen molar-refractivity contribution in [2.75, 3.05) is 0 Å². The molecule has 0 saturated carbocycles. The predicted octanol–water partition coefficient (Wildman–Crippen LogP) is 4.48. The van der Waals surface area contributed by atoms with Crippen LogP contribution in [0.3, 0.4) is 0 Å². The Morgan fingerprint density at radius 3 is 2.71 bits per heavy atom.